The van der Waals surface area contributed by atoms with Crippen molar-refractivity contribution >= 4 is 17.6 Å². The van der Waals surface area contributed by atoms with E-state index in [1.165, 1.54) is 11.0 Å². The van der Waals surface area contributed by atoms with Crippen molar-refractivity contribution < 1.29 is 19.4 Å². The Hall–Kier alpha value is -3.48. The van der Waals surface area contributed by atoms with E-state index >= 15 is 0 Å². The Morgan fingerprint density at radius 2 is 2.16 bits per heavy atom. The quantitative estimate of drug-likeness (QED) is 0.640. The van der Waals surface area contributed by atoms with Gasteiger partial charge in [0.05, 0.1) is 6.61 Å². The van der Waals surface area contributed by atoms with Gasteiger partial charge in [-0.2, -0.15) is 0 Å². The molecule has 0 bridgehead atoms. The van der Waals surface area contributed by atoms with Crippen molar-refractivity contribution in [1.82, 2.24) is 14.9 Å². The first kappa shape index (κ1) is 22.2. The predicted molar refractivity (Wildman–Crippen MR) is 115 cm³/mol. The lowest BCUT2D eigenvalue weighted by Gasteiger charge is -2.18. The summed E-state index contributed by atoms with van der Waals surface area (Å²) in [5.74, 6) is 5.34. The third kappa shape index (κ3) is 4.99. The largest absolute Gasteiger partial charge is 0.383 e. The Labute approximate surface area is 180 Å². The lowest BCUT2D eigenvalue weighted by Crippen LogP contribution is -2.37. The summed E-state index contributed by atoms with van der Waals surface area (Å²) in [5.41, 5.74) is 5.08. The van der Waals surface area contributed by atoms with E-state index < -0.39 is 17.4 Å². The highest BCUT2D eigenvalue weighted by atomic mass is 16.5. The number of methoxy groups -OCH3 is 1. The Balaban J connectivity index is 1.95. The van der Waals surface area contributed by atoms with Gasteiger partial charge in [0.2, 0.25) is 5.60 Å². The number of ether oxygens (including phenoxy) is 1. The predicted octanol–water partition coefficient (Wildman–Crippen LogP) is 0.270. The molecule has 1 atom stereocenters. The molecule has 1 unspecified atom stereocenters. The molecule has 2 aromatic rings. The fourth-order valence-corrected chi connectivity index (χ4v) is 3.11. The Morgan fingerprint density at radius 1 is 1.39 bits per heavy atom. The maximum atomic E-state index is 12.1. The monoisotopic (exact) mass is 423 g/mol. The van der Waals surface area contributed by atoms with Crippen LogP contribution in [0.4, 0.5) is 5.82 Å². The molecule has 1 aliphatic heterocycles. The molecule has 0 radical (unpaired) electrons. The van der Waals surface area contributed by atoms with Gasteiger partial charge in [0, 0.05) is 57.9 Å². The standard InChI is InChI=1S/C22H25N5O4/c1-26(11-12-31-3)18-14-17(19(23)28)24-20(25-18)16-6-4-5-15(13-16)7-8-22(30)9-10-27(2)21(22)29/h4-6,13-14,30H,9-12H2,1-3H3,(H2,23,28). The van der Waals surface area contributed by atoms with Gasteiger partial charge in [-0.05, 0) is 12.1 Å². The van der Waals surface area contributed by atoms with E-state index in [0.29, 0.717) is 42.5 Å². The molecule has 2 amide bonds. The zero-order valence-corrected chi connectivity index (χ0v) is 17.8. The van der Waals surface area contributed by atoms with E-state index in [2.05, 4.69) is 21.8 Å². The van der Waals surface area contributed by atoms with Crippen LogP contribution in [-0.2, 0) is 9.53 Å². The van der Waals surface area contributed by atoms with Crippen LogP contribution in [-0.4, -0.2) is 78.3 Å². The number of anilines is 1. The number of carbonyl (C=O) groups is 2. The summed E-state index contributed by atoms with van der Waals surface area (Å²) in [6.45, 7) is 1.51. The van der Waals surface area contributed by atoms with Crippen molar-refractivity contribution in [2.24, 2.45) is 5.73 Å². The second-order valence-electron chi connectivity index (χ2n) is 7.38. The van der Waals surface area contributed by atoms with Crippen molar-refractivity contribution in [2.75, 3.05) is 45.8 Å². The average Bonchev–Trinajstić information content (AvgIpc) is 3.03. The molecule has 1 aromatic carbocycles. The summed E-state index contributed by atoms with van der Waals surface area (Å²) < 4.78 is 5.09. The van der Waals surface area contributed by atoms with Gasteiger partial charge < -0.3 is 25.4 Å². The van der Waals surface area contributed by atoms with Crippen molar-refractivity contribution in [3.63, 3.8) is 0 Å². The first-order valence-electron chi connectivity index (χ1n) is 9.74. The number of carbonyl (C=O) groups excluding carboxylic acids is 2. The van der Waals surface area contributed by atoms with Gasteiger partial charge in [-0.1, -0.05) is 24.0 Å². The minimum atomic E-state index is -1.68. The number of aliphatic hydroxyl groups is 1. The molecule has 162 valence electrons. The summed E-state index contributed by atoms with van der Waals surface area (Å²) >= 11 is 0. The highest BCUT2D eigenvalue weighted by Crippen LogP contribution is 2.23. The molecule has 0 saturated carbocycles. The summed E-state index contributed by atoms with van der Waals surface area (Å²) in [7, 11) is 5.06. The van der Waals surface area contributed by atoms with Gasteiger partial charge >= 0.3 is 0 Å². The molecule has 9 nitrogen and oxygen atoms in total. The highest BCUT2D eigenvalue weighted by Gasteiger charge is 2.42. The molecule has 1 fully saturated rings. The number of benzene rings is 1. The minimum Gasteiger partial charge on any atom is -0.383 e. The van der Waals surface area contributed by atoms with E-state index in [-0.39, 0.29) is 12.1 Å². The third-order valence-corrected chi connectivity index (χ3v) is 5.03. The molecule has 2 heterocycles. The van der Waals surface area contributed by atoms with Crippen LogP contribution in [0.5, 0.6) is 0 Å². The first-order chi connectivity index (χ1) is 14.7. The van der Waals surface area contributed by atoms with Crippen molar-refractivity contribution in [3.05, 3.63) is 41.6 Å². The summed E-state index contributed by atoms with van der Waals surface area (Å²) in [4.78, 5) is 36.0. The van der Waals surface area contributed by atoms with Crippen LogP contribution in [0.25, 0.3) is 11.4 Å². The normalized spacial score (nSPS) is 17.9. The lowest BCUT2D eigenvalue weighted by atomic mass is 10.0. The molecule has 1 aromatic heterocycles. The van der Waals surface area contributed by atoms with E-state index in [0.717, 1.165) is 0 Å². The second-order valence-corrected chi connectivity index (χ2v) is 7.38. The first-order valence-corrected chi connectivity index (χ1v) is 9.74. The molecular weight excluding hydrogens is 398 g/mol. The smallest absolute Gasteiger partial charge is 0.267 e. The molecule has 1 saturated heterocycles. The number of aromatic nitrogens is 2. The van der Waals surface area contributed by atoms with Gasteiger partial charge in [0.1, 0.15) is 11.5 Å². The van der Waals surface area contributed by atoms with E-state index in [9.17, 15) is 14.7 Å². The summed E-state index contributed by atoms with van der Waals surface area (Å²) in [6.07, 6.45) is 0.260. The number of likely N-dealkylation sites (N-methyl/N-ethyl adjacent to an activating group) is 2. The highest BCUT2D eigenvalue weighted by molar-refractivity contribution is 5.92. The molecule has 3 N–H and O–H groups in total. The topological polar surface area (TPSA) is 122 Å². The fraction of sp³-hybridized carbons (Fsp3) is 0.364. The Bertz CT molecular complexity index is 1060. The van der Waals surface area contributed by atoms with Crippen LogP contribution in [0.3, 0.4) is 0 Å². The Kier molecular flexibility index (Phi) is 6.53. The van der Waals surface area contributed by atoms with Crippen LogP contribution in [0.15, 0.2) is 30.3 Å². The Morgan fingerprint density at radius 3 is 2.81 bits per heavy atom. The number of likely N-dealkylation sites (tertiary alicyclic amines) is 1. The maximum Gasteiger partial charge on any atom is 0.267 e. The van der Waals surface area contributed by atoms with Crippen LogP contribution < -0.4 is 10.6 Å². The molecule has 9 heteroatoms. The van der Waals surface area contributed by atoms with Crippen LogP contribution >= 0.6 is 0 Å². The fourth-order valence-electron chi connectivity index (χ4n) is 3.11. The van der Waals surface area contributed by atoms with Crippen molar-refractivity contribution in [3.8, 4) is 23.2 Å². The van der Waals surface area contributed by atoms with Gasteiger partial charge in [-0.25, -0.2) is 9.97 Å². The maximum absolute atomic E-state index is 12.1. The second kappa shape index (κ2) is 9.12. The molecule has 3 rings (SSSR count). The molecule has 0 aliphatic carbocycles. The molecule has 0 spiro atoms. The zero-order valence-electron chi connectivity index (χ0n) is 17.8. The minimum absolute atomic E-state index is 0.0923. The van der Waals surface area contributed by atoms with E-state index in [1.54, 1.807) is 38.4 Å². The molecular formula is C22H25N5O4. The number of amides is 2. The van der Waals surface area contributed by atoms with Gasteiger partial charge in [0.25, 0.3) is 11.8 Å². The van der Waals surface area contributed by atoms with Crippen LogP contribution in [0, 0.1) is 11.8 Å². The van der Waals surface area contributed by atoms with Crippen molar-refractivity contribution in [2.45, 2.75) is 12.0 Å². The number of hydrogen-bond donors (Lipinski definition) is 2. The van der Waals surface area contributed by atoms with Gasteiger partial charge in [-0.3, -0.25) is 9.59 Å². The summed E-state index contributed by atoms with van der Waals surface area (Å²) in [5, 5.41) is 10.5. The van der Waals surface area contributed by atoms with Crippen molar-refractivity contribution in [1.29, 1.82) is 0 Å². The number of primary amides is 1. The van der Waals surface area contributed by atoms with E-state index in [1.807, 2.05) is 11.9 Å². The van der Waals surface area contributed by atoms with Crippen LogP contribution in [0.2, 0.25) is 0 Å². The number of hydrogen-bond acceptors (Lipinski definition) is 7. The SMILES string of the molecule is COCCN(C)c1cc(C(N)=O)nc(-c2cccc(C#CC3(O)CCN(C)C3=O)c2)n1. The summed E-state index contributed by atoms with van der Waals surface area (Å²) in [6, 6.07) is 8.57. The third-order valence-electron chi connectivity index (χ3n) is 5.03. The lowest BCUT2D eigenvalue weighted by molar-refractivity contribution is -0.137. The van der Waals surface area contributed by atoms with E-state index in [4.69, 9.17) is 10.5 Å². The average molecular weight is 423 g/mol. The zero-order chi connectivity index (χ0) is 22.6. The molecule has 1 aliphatic rings. The van der Waals surface area contributed by atoms with Gasteiger partial charge in [-0.15, -0.1) is 0 Å². The van der Waals surface area contributed by atoms with Crippen LogP contribution in [0.1, 0.15) is 22.5 Å². The number of nitrogens with zero attached hydrogens (tertiary/aromatic N) is 4. The molecule has 31 heavy (non-hydrogen) atoms. The number of nitrogens with two attached hydrogens (primary N) is 1. The van der Waals surface area contributed by atoms with Gasteiger partial charge in [0.15, 0.2) is 5.82 Å². The number of rotatable bonds is 6.